The fourth-order valence-corrected chi connectivity index (χ4v) is 3.54. The Morgan fingerprint density at radius 2 is 1.85 bits per heavy atom. The van der Waals surface area contributed by atoms with Crippen LogP contribution in [-0.4, -0.2) is 24.0 Å². The number of carbonyl (C=O) groups excluding carboxylic acids is 2. The van der Waals surface area contributed by atoms with Gasteiger partial charge < -0.3 is 14.6 Å². The molecule has 0 amide bonds. The number of aliphatic carboxylic acids is 1. The van der Waals surface area contributed by atoms with Gasteiger partial charge in [0.2, 0.25) is 0 Å². The molecule has 0 bridgehead atoms. The summed E-state index contributed by atoms with van der Waals surface area (Å²) >= 11 is 5.86. The molecule has 0 aromatic heterocycles. The lowest BCUT2D eigenvalue weighted by Crippen LogP contribution is -2.50. The lowest BCUT2D eigenvalue weighted by Gasteiger charge is -2.24. The second-order valence-corrected chi connectivity index (χ2v) is 7.19. The minimum absolute atomic E-state index is 0.114. The number of alkyl halides is 2. The molecule has 20 heavy (non-hydrogen) atoms. The Balaban J connectivity index is 3.01. The Morgan fingerprint density at radius 1 is 1.30 bits per heavy atom. The molecule has 1 rings (SSSR count). The predicted molar refractivity (Wildman–Crippen MR) is 89.4 cm³/mol. The third-order valence-corrected chi connectivity index (χ3v) is 5.95. The molecule has 1 aromatic carbocycles. The van der Waals surface area contributed by atoms with Crippen molar-refractivity contribution in [1.82, 2.24) is 0 Å². The third-order valence-electron chi connectivity index (χ3n) is 2.28. The summed E-state index contributed by atoms with van der Waals surface area (Å²) in [6.45, 7) is 0.805. The van der Waals surface area contributed by atoms with E-state index < -0.39 is 24.0 Å². The quantitative estimate of drug-likeness (QED) is 0.295. The Kier molecular flexibility index (Phi) is 6.37. The average Bonchev–Trinajstić information content (AvgIpc) is 2.33. The molecule has 0 aliphatic carbocycles. The maximum Gasteiger partial charge on any atom is 0.339 e. The molecule has 4 nitrogen and oxygen atoms in total. The lowest BCUT2D eigenvalue weighted by molar-refractivity contribution is -0.335. The molecule has 0 radical (unpaired) electrons. The standard InChI is InChI=1S/C11H7F2I3O4/c1-4(11(12,13)10(18)19)20-9(17)6-2-5(14)3-7(15)8(6)16/h2-4H,1H3,(H,18,19)/p-1. The molecule has 0 saturated carbocycles. The second kappa shape index (κ2) is 6.98. The van der Waals surface area contributed by atoms with Crippen LogP contribution in [0.1, 0.15) is 17.3 Å². The van der Waals surface area contributed by atoms with E-state index in [1.165, 1.54) is 6.07 Å². The molecule has 110 valence electrons. The van der Waals surface area contributed by atoms with Gasteiger partial charge in [-0.3, -0.25) is 0 Å². The SMILES string of the molecule is CC(OC(=O)c1cc(I)cc(I)c1I)C(F)(F)C(=O)[O-]. The monoisotopic (exact) mass is 621 g/mol. The molecule has 9 heteroatoms. The van der Waals surface area contributed by atoms with Gasteiger partial charge in [-0.15, -0.1) is 0 Å². The van der Waals surface area contributed by atoms with Crippen molar-refractivity contribution in [3.8, 4) is 0 Å². The van der Waals surface area contributed by atoms with Crippen LogP contribution in [0, 0.1) is 10.7 Å². The molecule has 0 aliphatic rings. The van der Waals surface area contributed by atoms with Crippen LogP contribution in [0.5, 0.6) is 0 Å². The molecule has 1 aromatic rings. The average molecular weight is 621 g/mol. The van der Waals surface area contributed by atoms with E-state index in [1.54, 1.807) is 6.07 Å². The van der Waals surface area contributed by atoms with Crippen LogP contribution in [0.2, 0.25) is 0 Å². The highest BCUT2D eigenvalue weighted by atomic mass is 127. The van der Waals surface area contributed by atoms with Gasteiger partial charge in [0.05, 0.1) is 5.56 Å². The number of ether oxygens (including phenoxy) is 1. The van der Waals surface area contributed by atoms with Crippen LogP contribution < -0.4 is 5.11 Å². The van der Waals surface area contributed by atoms with E-state index in [9.17, 15) is 23.5 Å². The summed E-state index contributed by atoms with van der Waals surface area (Å²) in [6.07, 6.45) is -2.12. The number of benzene rings is 1. The fourth-order valence-electron chi connectivity index (χ4n) is 1.17. The van der Waals surface area contributed by atoms with Crippen molar-refractivity contribution in [2.75, 3.05) is 0 Å². The number of halogens is 5. The summed E-state index contributed by atoms with van der Waals surface area (Å²) in [5.74, 6) is -7.82. The van der Waals surface area contributed by atoms with Gasteiger partial charge >= 0.3 is 11.9 Å². The van der Waals surface area contributed by atoms with Crippen LogP contribution >= 0.6 is 67.8 Å². The minimum atomic E-state index is -4.24. The summed E-state index contributed by atoms with van der Waals surface area (Å²) in [6, 6.07) is 3.29. The zero-order valence-electron chi connectivity index (χ0n) is 9.75. The van der Waals surface area contributed by atoms with Gasteiger partial charge in [0.15, 0.2) is 6.10 Å². The van der Waals surface area contributed by atoms with Gasteiger partial charge in [-0.1, -0.05) is 0 Å². The summed E-state index contributed by atoms with van der Waals surface area (Å²) in [4.78, 5) is 22.2. The van der Waals surface area contributed by atoms with E-state index in [0.29, 0.717) is 3.57 Å². The Morgan fingerprint density at radius 3 is 2.35 bits per heavy atom. The van der Waals surface area contributed by atoms with Gasteiger partial charge in [0, 0.05) is 10.7 Å². The molecule has 0 saturated heterocycles. The predicted octanol–water partition coefficient (Wildman–Crippen LogP) is 2.43. The molecule has 0 heterocycles. The van der Waals surface area contributed by atoms with Crippen molar-refractivity contribution in [3.05, 3.63) is 28.4 Å². The van der Waals surface area contributed by atoms with Crippen LogP contribution in [0.25, 0.3) is 0 Å². The number of hydrogen-bond acceptors (Lipinski definition) is 4. The van der Waals surface area contributed by atoms with E-state index >= 15 is 0 Å². The Labute approximate surface area is 154 Å². The highest BCUT2D eigenvalue weighted by Gasteiger charge is 2.41. The molecule has 0 spiro atoms. The number of rotatable bonds is 4. The smallest absolute Gasteiger partial charge is 0.339 e. The van der Waals surface area contributed by atoms with Gasteiger partial charge in [0.25, 0.3) is 0 Å². The van der Waals surface area contributed by atoms with E-state index in [-0.39, 0.29) is 5.56 Å². The van der Waals surface area contributed by atoms with E-state index in [1.807, 2.05) is 67.8 Å². The van der Waals surface area contributed by atoms with Crippen molar-refractivity contribution in [3.63, 3.8) is 0 Å². The van der Waals surface area contributed by atoms with Gasteiger partial charge in [-0.2, -0.15) is 8.78 Å². The maximum absolute atomic E-state index is 13.1. The number of esters is 1. The van der Waals surface area contributed by atoms with E-state index in [0.717, 1.165) is 14.1 Å². The molecular weight excluding hydrogens is 615 g/mol. The first-order valence-corrected chi connectivity index (χ1v) is 8.25. The molecule has 0 N–H and O–H groups in total. The Hall–Kier alpha value is 0.210. The Bertz CT molecular complexity index is 563. The second-order valence-electron chi connectivity index (χ2n) is 3.71. The first-order valence-electron chi connectivity index (χ1n) is 5.02. The molecule has 0 aliphatic heterocycles. The van der Waals surface area contributed by atoms with Crippen molar-refractivity contribution < 1.29 is 28.2 Å². The highest BCUT2D eigenvalue weighted by Crippen LogP contribution is 2.26. The number of hydrogen-bond donors (Lipinski definition) is 0. The van der Waals surface area contributed by atoms with Crippen molar-refractivity contribution in [2.45, 2.75) is 19.0 Å². The van der Waals surface area contributed by atoms with E-state index in [4.69, 9.17) is 0 Å². The first kappa shape index (κ1) is 18.3. The first-order chi connectivity index (χ1) is 9.07. The summed E-state index contributed by atoms with van der Waals surface area (Å²) in [5.41, 5.74) is 0.114. The van der Waals surface area contributed by atoms with Gasteiger partial charge in [0.1, 0.15) is 5.97 Å². The normalized spacial score (nSPS) is 12.9. The van der Waals surface area contributed by atoms with E-state index in [2.05, 4.69) is 4.74 Å². The van der Waals surface area contributed by atoms with Gasteiger partial charge in [-0.25, -0.2) is 4.79 Å². The van der Waals surface area contributed by atoms with Crippen LogP contribution in [-0.2, 0) is 9.53 Å². The van der Waals surface area contributed by atoms with Crippen LogP contribution in [0.15, 0.2) is 12.1 Å². The topological polar surface area (TPSA) is 66.4 Å². The largest absolute Gasteiger partial charge is 0.544 e. The fraction of sp³-hybridized carbons (Fsp3) is 0.273. The minimum Gasteiger partial charge on any atom is -0.544 e. The van der Waals surface area contributed by atoms with Gasteiger partial charge in [-0.05, 0) is 86.8 Å². The number of carboxylic acids is 1. The summed E-state index contributed by atoms with van der Waals surface area (Å²) in [7, 11) is 0. The van der Waals surface area contributed by atoms with Crippen molar-refractivity contribution in [2.24, 2.45) is 0 Å². The maximum atomic E-state index is 13.1. The lowest BCUT2D eigenvalue weighted by atomic mass is 10.2. The van der Waals surface area contributed by atoms with Crippen molar-refractivity contribution in [1.29, 1.82) is 0 Å². The zero-order chi connectivity index (χ0) is 15.7. The molecule has 1 atom stereocenters. The highest BCUT2D eigenvalue weighted by molar-refractivity contribution is 14.1. The summed E-state index contributed by atoms with van der Waals surface area (Å²) in [5, 5.41) is 10.3. The number of carbonyl (C=O) groups is 2. The van der Waals surface area contributed by atoms with Crippen LogP contribution in [0.4, 0.5) is 8.78 Å². The van der Waals surface area contributed by atoms with Crippen LogP contribution in [0.3, 0.4) is 0 Å². The molecule has 0 fully saturated rings. The molecule has 1 unspecified atom stereocenters. The summed E-state index contributed by atoms with van der Waals surface area (Å²) < 4.78 is 32.8. The molecular formula is C11H6F2I3O4-. The number of carboxylic acid groups (broad SMARTS) is 1. The zero-order valence-corrected chi connectivity index (χ0v) is 16.2. The van der Waals surface area contributed by atoms with Crippen molar-refractivity contribution >= 4 is 79.7 Å². The third kappa shape index (κ3) is 4.11.